The van der Waals surface area contributed by atoms with Gasteiger partial charge >= 0.3 is 0 Å². The van der Waals surface area contributed by atoms with Crippen LogP contribution in [-0.4, -0.2) is 32.2 Å². The van der Waals surface area contributed by atoms with E-state index in [9.17, 15) is 9.59 Å². The number of rotatable bonds is 9. The molecule has 0 aromatic heterocycles. The predicted octanol–water partition coefficient (Wildman–Crippen LogP) is 3.73. The molecule has 0 heterocycles. The number of benzene rings is 2. The Bertz CT molecular complexity index is 855. The Hall–Kier alpha value is -2.87. The average Bonchev–Trinajstić information content (AvgIpc) is 2.67. The third kappa shape index (κ3) is 6.70. The predicted molar refractivity (Wildman–Crippen MR) is 112 cm³/mol. The molecule has 0 bridgehead atoms. The fraction of sp³-hybridized carbons (Fsp3) is 0.250. The van der Waals surface area contributed by atoms with E-state index in [-0.39, 0.29) is 24.7 Å². The van der Waals surface area contributed by atoms with E-state index in [2.05, 4.69) is 31.8 Å². The van der Waals surface area contributed by atoms with Crippen molar-refractivity contribution in [3.8, 4) is 11.5 Å². The van der Waals surface area contributed by atoms with Gasteiger partial charge in [0.05, 0.1) is 20.4 Å². The van der Waals surface area contributed by atoms with E-state index in [1.807, 2.05) is 18.2 Å². The van der Waals surface area contributed by atoms with E-state index in [0.29, 0.717) is 29.2 Å². The number of hydrazone groups is 1. The Labute approximate surface area is 172 Å². The Morgan fingerprint density at radius 1 is 1.07 bits per heavy atom. The molecule has 8 heteroatoms. The maximum absolute atomic E-state index is 11.9. The summed E-state index contributed by atoms with van der Waals surface area (Å²) in [6.45, 7) is 0. The quantitative estimate of drug-likeness (QED) is 0.452. The van der Waals surface area contributed by atoms with Crippen LogP contribution in [0.25, 0.3) is 0 Å². The lowest BCUT2D eigenvalue weighted by Gasteiger charge is -2.09. The zero-order valence-corrected chi connectivity index (χ0v) is 17.3. The van der Waals surface area contributed by atoms with Gasteiger partial charge in [-0.1, -0.05) is 28.1 Å². The van der Waals surface area contributed by atoms with Crippen molar-refractivity contribution >= 4 is 39.6 Å². The summed E-state index contributed by atoms with van der Waals surface area (Å²) < 4.78 is 11.4. The highest BCUT2D eigenvalue weighted by Gasteiger charge is 2.08. The van der Waals surface area contributed by atoms with Gasteiger partial charge in [0.2, 0.25) is 11.8 Å². The molecule has 0 fully saturated rings. The van der Waals surface area contributed by atoms with Crippen molar-refractivity contribution in [3.63, 3.8) is 0 Å². The molecule has 7 nitrogen and oxygen atoms in total. The zero-order chi connectivity index (χ0) is 20.4. The van der Waals surface area contributed by atoms with Gasteiger partial charge in [-0.3, -0.25) is 9.59 Å². The molecule has 0 spiro atoms. The van der Waals surface area contributed by atoms with Crippen LogP contribution in [0.1, 0.15) is 24.8 Å². The number of ether oxygens (including phenoxy) is 2. The van der Waals surface area contributed by atoms with Crippen LogP contribution in [0.4, 0.5) is 5.69 Å². The molecule has 0 aliphatic carbocycles. The average molecular weight is 448 g/mol. The first-order valence-electron chi connectivity index (χ1n) is 8.61. The summed E-state index contributed by atoms with van der Waals surface area (Å²) in [7, 11) is 3.08. The van der Waals surface area contributed by atoms with E-state index in [1.165, 1.54) is 13.3 Å². The first kappa shape index (κ1) is 21.4. The molecular weight excluding hydrogens is 426 g/mol. The third-order valence-corrected chi connectivity index (χ3v) is 4.24. The highest BCUT2D eigenvalue weighted by atomic mass is 79.9. The lowest BCUT2D eigenvalue weighted by atomic mass is 10.2. The van der Waals surface area contributed by atoms with Crippen LogP contribution in [0.2, 0.25) is 0 Å². The summed E-state index contributed by atoms with van der Waals surface area (Å²) in [6.07, 6.45) is 2.34. The molecule has 2 amide bonds. The second-order valence-corrected chi connectivity index (χ2v) is 6.70. The summed E-state index contributed by atoms with van der Waals surface area (Å²) in [5, 5.41) is 6.72. The number of amides is 2. The highest BCUT2D eigenvalue weighted by Crippen LogP contribution is 2.29. The number of anilines is 1. The fourth-order valence-electron chi connectivity index (χ4n) is 2.44. The molecule has 28 heavy (non-hydrogen) atoms. The number of hydrogen-bond donors (Lipinski definition) is 2. The molecule has 0 atom stereocenters. The van der Waals surface area contributed by atoms with Crippen molar-refractivity contribution in [1.82, 2.24) is 5.43 Å². The van der Waals surface area contributed by atoms with Crippen molar-refractivity contribution in [2.45, 2.75) is 19.3 Å². The summed E-state index contributed by atoms with van der Waals surface area (Å²) in [5.74, 6) is 0.699. The summed E-state index contributed by atoms with van der Waals surface area (Å²) in [6, 6.07) is 12.7. The monoisotopic (exact) mass is 447 g/mol. The number of carbonyl (C=O) groups excluding carboxylic acids is 2. The second kappa shape index (κ2) is 11.1. The summed E-state index contributed by atoms with van der Waals surface area (Å²) in [5.41, 5.74) is 3.83. The Morgan fingerprint density at radius 3 is 2.54 bits per heavy atom. The van der Waals surface area contributed by atoms with Crippen LogP contribution in [0, 0.1) is 0 Å². The molecule has 0 aliphatic rings. The third-order valence-electron chi connectivity index (χ3n) is 3.74. The molecule has 0 saturated carbocycles. The lowest BCUT2D eigenvalue weighted by Crippen LogP contribution is -2.18. The standard InChI is InChI=1S/C20H22BrN3O4/c1-27-17-9-3-6-14(20(17)28-2)13-22-24-19(26)11-5-10-18(25)23-16-8-4-7-15(21)12-16/h3-4,6-9,12-13H,5,10-11H2,1-2H3,(H,23,25)(H,24,26)/b22-13-. The summed E-state index contributed by atoms with van der Waals surface area (Å²) in [4.78, 5) is 23.8. The van der Waals surface area contributed by atoms with E-state index < -0.39 is 0 Å². The number of methoxy groups -OCH3 is 2. The van der Waals surface area contributed by atoms with Crippen LogP contribution in [0.5, 0.6) is 11.5 Å². The number of carbonyl (C=O) groups is 2. The molecule has 2 N–H and O–H groups in total. The van der Waals surface area contributed by atoms with E-state index in [4.69, 9.17) is 9.47 Å². The largest absolute Gasteiger partial charge is 0.493 e. The number of nitrogens with one attached hydrogen (secondary N) is 2. The molecule has 0 aliphatic heterocycles. The number of hydrogen-bond acceptors (Lipinski definition) is 5. The van der Waals surface area contributed by atoms with Gasteiger partial charge in [0.25, 0.3) is 0 Å². The van der Waals surface area contributed by atoms with Gasteiger partial charge in [0, 0.05) is 28.6 Å². The number of nitrogens with zero attached hydrogens (tertiary/aromatic N) is 1. The Balaban J connectivity index is 1.76. The minimum absolute atomic E-state index is 0.143. The second-order valence-electron chi connectivity index (χ2n) is 5.79. The number of halogens is 1. The topological polar surface area (TPSA) is 89.0 Å². The SMILES string of the molecule is COc1cccc(/C=N\NC(=O)CCCC(=O)Nc2cccc(Br)c2)c1OC. The molecular formula is C20H22BrN3O4. The van der Waals surface area contributed by atoms with Gasteiger partial charge in [0.15, 0.2) is 11.5 Å². The van der Waals surface area contributed by atoms with E-state index >= 15 is 0 Å². The van der Waals surface area contributed by atoms with Crippen LogP contribution in [0.3, 0.4) is 0 Å². The first-order valence-corrected chi connectivity index (χ1v) is 9.41. The van der Waals surface area contributed by atoms with Crippen molar-refractivity contribution in [1.29, 1.82) is 0 Å². The van der Waals surface area contributed by atoms with E-state index in [0.717, 1.165) is 4.47 Å². The fourth-order valence-corrected chi connectivity index (χ4v) is 2.84. The molecule has 0 unspecified atom stereocenters. The smallest absolute Gasteiger partial charge is 0.240 e. The van der Waals surface area contributed by atoms with Crippen LogP contribution in [-0.2, 0) is 9.59 Å². The minimum atomic E-state index is -0.270. The van der Waals surface area contributed by atoms with Crippen molar-refractivity contribution in [2.24, 2.45) is 5.10 Å². The first-order chi connectivity index (χ1) is 13.5. The van der Waals surface area contributed by atoms with Gasteiger partial charge in [-0.15, -0.1) is 0 Å². The molecule has 2 aromatic carbocycles. The van der Waals surface area contributed by atoms with Crippen molar-refractivity contribution in [3.05, 3.63) is 52.5 Å². The highest BCUT2D eigenvalue weighted by molar-refractivity contribution is 9.10. The number of para-hydroxylation sites is 1. The lowest BCUT2D eigenvalue weighted by molar-refractivity contribution is -0.121. The van der Waals surface area contributed by atoms with Gasteiger partial charge < -0.3 is 14.8 Å². The molecule has 148 valence electrons. The maximum atomic E-state index is 11.9. The van der Waals surface area contributed by atoms with Crippen molar-refractivity contribution in [2.75, 3.05) is 19.5 Å². The van der Waals surface area contributed by atoms with Crippen molar-refractivity contribution < 1.29 is 19.1 Å². The van der Waals surface area contributed by atoms with Gasteiger partial charge in [-0.05, 0) is 36.8 Å². The maximum Gasteiger partial charge on any atom is 0.240 e. The van der Waals surface area contributed by atoms with Gasteiger partial charge in [0.1, 0.15) is 0 Å². The summed E-state index contributed by atoms with van der Waals surface area (Å²) >= 11 is 3.35. The van der Waals surface area contributed by atoms with Crippen LogP contribution >= 0.6 is 15.9 Å². The minimum Gasteiger partial charge on any atom is -0.493 e. The Morgan fingerprint density at radius 2 is 1.82 bits per heavy atom. The van der Waals surface area contributed by atoms with Gasteiger partial charge in [-0.2, -0.15) is 5.10 Å². The van der Waals surface area contributed by atoms with Gasteiger partial charge in [-0.25, -0.2) is 5.43 Å². The molecule has 0 radical (unpaired) electrons. The van der Waals surface area contributed by atoms with E-state index in [1.54, 1.807) is 31.4 Å². The van der Waals surface area contributed by atoms with Crippen LogP contribution < -0.4 is 20.2 Å². The Kier molecular flexibility index (Phi) is 8.48. The molecule has 2 rings (SSSR count). The zero-order valence-electron chi connectivity index (χ0n) is 15.7. The normalized spacial score (nSPS) is 10.5. The molecule has 0 saturated heterocycles. The molecule has 2 aromatic rings. The van der Waals surface area contributed by atoms with Crippen LogP contribution in [0.15, 0.2) is 52.0 Å².